The normalized spacial score (nSPS) is 19.1. The molecule has 2 aromatic rings. The summed E-state index contributed by atoms with van der Waals surface area (Å²) in [4.78, 5) is 31.9. The Morgan fingerprint density at radius 1 is 1.18 bits per heavy atom. The van der Waals surface area contributed by atoms with Gasteiger partial charge in [0.15, 0.2) is 5.17 Å². The van der Waals surface area contributed by atoms with Crippen molar-refractivity contribution in [1.82, 2.24) is 4.90 Å². The maximum absolute atomic E-state index is 13.0. The number of aliphatic imine (C=N–C) groups is 1. The lowest BCUT2D eigenvalue weighted by atomic mass is 10.2. The number of benzene rings is 2. The summed E-state index contributed by atoms with van der Waals surface area (Å²) in [5, 5.41) is 3.09. The number of para-hydroxylation sites is 1. The van der Waals surface area contributed by atoms with Crippen molar-refractivity contribution in [2.45, 2.75) is 44.9 Å². The topological polar surface area (TPSA) is 61.8 Å². The van der Waals surface area contributed by atoms with E-state index in [1.54, 1.807) is 4.90 Å². The molecule has 2 aromatic carbocycles. The molecule has 0 radical (unpaired) electrons. The SMILES string of the molecule is CC[C@@H](C)N1C(=O)[C@H](CC(=O)Nc2ccc(C)cc2)SC1=Nc1ccccc1. The summed E-state index contributed by atoms with van der Waals surface area (Å²) in [6, 6.07) is 17.2. The van der Waals surface area contributed by atoms with Crippen LogP contribution in [0.25, 0.3) is 0 Å². The highest BCUT2D eigenvalue weighted by Gasteiger charge is 2.41. The van der Waals surface area contributed by atoms with Gasteiger partial charge in [-0.2, -0.15) is 0 Å². The molecule has 2 amide bonds. The first kappa shape index (κ1) is 20.1. The molecule has 0 bridgehead atoms. The maximum Gasteiger partial charge on any atom is 0.242 e. The Bertz CT molecular complexity index is 865. The van der Waals surface area contributed by atoms with E-state index in [1.807, 2.05) is 75.4 Å². The van der Waals surface area contributed by atoms with Crippen molar-refractivity contribution in [3.8, 4) is 0 Å². The number of carbonyl (C=O) groups excluding carboxylic acids is 2. The summed E-state index contributed by atoms with van der Waals surface area (Å²) in [5.74, 6) is -0.215. The smallest absolute Gasteiger partial charge is 0.242 e. The maximum atomic E-state index is 13.0. The van der Waals surface area contributed by atoms with Crippen LogP contribution in [0, 0.1) is 6.92 Å². The van der Waals surface area contributed by atoms with Crippen LogP contribution in [-0.4, -0.2) is 33.2 Å². The van der Waals surface area contributed by atoms with Gasteiger partial charge in [-0.05, 0) is 44.5 Å². The van der Waals surface area contributed by atoms with E-state index in [0.29, 0.717) is 5.17 Å². The first-order valence-electron chi connectivity index (χ1n) is 9.48. The van der Waals surface area contributed by atoms with Crippen molar-refractivity contribution < 1.29 is 9.59 Å². The number of nitrogens with zero attached hydrogens (tertiary/aromatic N) is 2. The molecule has 0 aromatic heterocycles. The number of hydrogen-bond donors (Lipinski definition) is 1. The predicted octanol–water partition coefficient (Wildman–Crippen LogP) is 4.75. The zero-order valence-corrected chi connectivity index (χ0v) is 17.2. The molecule has 146 valence electrons. The van der Waals surface area contributed by atoms with E-state index in [9.17, 15) is 9.59 Å². The molecule has 0 aliphatic carbocycles. The number of hydrogen-bond acceptors (Lipinski definition) is 4. The molecule has 28 heavy (non-hydrogen) atoms. The average Bonchev–Trinajstić information content (AvgIpc) is 2.98. The van der Waals surface area contributed by atoms with E-state index in [2.05, 4.69) is 10.3 Å². The second kappa shape index (κ2) is 9.06. The Balaban J connectivity index is 1.74. The van der Waals surface area contributed by atoms with Crippen LogP contribution in [0.3, 0.4) is 0 Å². The van der Waals surface area contributed by atoms with Gasteiger partial charge in [-0.3, -0.25) is 14.5 Å². The number of thioether (sulfide) groups is 1. The molecule has 1 aliphatic rings. The largest absolute Gasteiger partial charge is 0.326 e. The van der Waals surface area contributed by atoms with Gasteiger partial charge in [0.1, 0.15) is 5.25 Å². The van der Waals surface area contributed by atoms with Crippen LogP contribution in [0.4, 0.5) is 11.4 Å². The van der Waals surface area contributed by atoms with Gasteiger partial charge < -0.3 is 5.32 Å². The fourth-order valence-corrected chi connectivity index (χ4v) is 4.16. The molecule has 2 atom stereocenters. The first-order valence-corrected chi connectivity index (χ1v) is 10.4. The fourth-order valence-electron chi connectivity index (χ4n) is 2.91. The molecule has 1 aliphatic heterocycles. The molecular weight excluding hydrogens is 370 g/mol. The molecular formula is C22H25N3O2S. The second-order valence-corrected chi connectivity index (χ2v) is 8.09. The summed E-state index contributed by atoms with van der Waals surface area (Å²) in [6.07, 6.45) is 0.945. The summed E-state index contributed by atoms with van der Waals surface area (Å²) >= 11 is 1.37. The summed E-state index contributed by atoms with van der Waals surface area (Å²) in [6.45, 7) is 6.05. The number of amidine groups is 1. The van der Waals surface area contributed by atoms with Gasteiger partial charge in [0.25, 0.3) is 0 Å². The van der Waals surface area contributed by atoms with E-state index in [4.69, 9.17) is 0 Å². The minimum absolute atomic E-state index is 0.0348. The van der Waals surface area contributed by atoms with Crippen LogP contribution in [0.1, 0.15) is 32.3 Å². The minimum atomic E-state index is -0.457. The fraction of sp³-hybridized carbons (Fsp3) is 0.318. The molecule has 1 heterocycles. The lowest BCUT2D eigenvalue weighted by molar-refractivity contribution is -0.129. The third-order valence-electron chi connectivity index (χ3n) is 4.69. The Morgan fingerprint density at radius 3 is 2.50 bits per heavy atom. The zero-order valence-electron chi connectivity index (χ0n) is 16.4. The van der Waals surface area contributed by atoms with Crippen molar-refractivity contribution in [3.05, 3.63) is 60.2 Å². The van der Waals surface area contributed by atoms with Gasteiger partial charge in [-0.25, -0.2) is 4.99 Å². The summed E-state index contributed by atoms with van der Waals surface area (Å²) in [5.41, 5.74) is 2.67. The van der Waals surface area contributed by atoms with Gasteiger partial charge in [-0.15, -0.1) is 0 Å². The third-order valence-corrected chi connectivity index (χ3v) is 5.84. The van der Waals surface area contributed by atoms with Crippen LogP contribution < -0.4 is 5.32 Å². The molecule has 1 N–H and O–H groups in total. The monoisotopic (exact) mass is 395 g/mol. The van der Waals surface area contributed by atoms with Gasteiger partial charge in [0, 0.05) is 18.2 Å². The zero-order chi connectivity index (χ0) is 20.1. The highest BCUT2D eigenvalue weighted by molar-refractivity contribution is 8.15. The van der Waals surface area contributed by atoms with Crippen molar-refractivity contribution in [2.24, 2.45) is 4.99 Å². The lowest BCUT2D eigenvalue weighted by Crippen LogP contribution is -2.39. The average molecular weight is 396 g/mol. The van der Waals surface area contributed by atoms with E-state index in [1.165, 1.54) is 11.8 Å². The van der Waals surface area contributed by atoms with Gasteiger partial charge >= 0.3 is 0 Å². The number of amides is 2. The molecule has 6 heteroatoms. The van der Waals surface area contributed by atoms with Crippen LogP contribution in [0.15, 0.2) is 59.6 Å². The molecule has 1 fully saturated rings. The van der Waals surface area contributed by atoms with Crippen LogP contribution in [0.5, 0.6) is 0 Å². The summed E-state index contributed by atoms with van der Waals surface area (Å²) < 4.78 is 0. The minimum Gasteiger partial charge on any atom is -0.326 e. The van der Waals surface area contributed by atoms with E-state index < -0.39 is 5.25 Å². The van der Waals surface area contributed by atoms with Crippen molar-refractivity contribution in [3.63, 3.8) is 0 Å². The molecule has 3 rings (SSSR count). The van der Waals surface area contributed by atoms with E-state index in [-0.39, 0.29) is 24.3 Å². The molecule has 0 saturated carbocycles. The number of carbonyl (C=O) groups is 2. The lowest BCUT2D eigenvalue weighted by Gasteiger charge is -2.23. The summed E-state index contributed by atoms with van der Waals surface area (Å²) in [7, 11) is 0. The second-order valence-electron chi connectivity index (χ2n) is 6.92. The first-order chi connectivity index (χ1) is 13.5. The predicted molar refractivity (Wildman–Crippen MR) is 116 cm³/mol. The quantitative estimate of drug-likeness (QED) is 0.767. The standard InChI is InChI=1S/C22H25N3O2S/c1-4-16(3)25-21(27)19(28-22(25)24-17-8-6-5-7-9-17)14-20(26)23-18-12-10-15(2)11-13-18/h5-13,16,19H,4,14H2,1-3H3,(H,23,26)/t16-,19+/m1/s1. The Labute approximate surface area is 170 Å². The van der Waals surface area contributed by atoms with Crippen molar-refractivity contribution in [1.29, 1.82) is 0 Å². The van der Waals surface area contributed by atoms with Gasteiger partial charge in [0.05, 0.1) is 5.69 Å². The number of anilines is 1. The van der Waals surface area contributed by atoms with Crippen LogP contribution in [0.2, 0.25) is 0 Å². The number of nitrogens with one attached hydrogen (secondary N) is 1. The van der Waals surface area contributed by atoms with Crippen LogP contribution >= 0.6 is 11.8 Å². The highest BCUT2D eigenvalue weighted by atomic mass is 32.2. The van der Waals surface area contributed by atoms with Crippen molar-refractivity contribution >= 4 is 40.1 Å². The van der Waals surface area contributed by atoms with Crippen molar-refractivity contribution in [2.75, 3.05) is 5.32 Å². The third kappa shape index (κ3) is 4.81. The van der Waals surface area contributed by atoms with E-state index in [0.717, 1.165) is 23.4 Å². The van der Waals surface area contributed by atoms with Gasteiger partial charge in [0.2, 0.25) is 11.8 Å². The van der Waals surface area contributed by atoms with Crippen LogP contribution in [-0.2, 0) is 9.59 Å². The molecule has 1 saturated heterocycles. The molecule has 0 spiro atoms. The molecule has 5 nitrogen and oxygen atoms in total. The molecule has 0 unspecified atom stereocenters. The Hall–Kier alpha value is -2.60. The van der Waals surface area contributed by atoms with Gasteiger partial charge in [-0.1, -0.05) is 54.6 Å². The number of rotatable bonds is 6. The number of aryl methyl sites for hydroxylation is 1. The highest BCUT2D eigenvalue weighted by Crippen LogP contribution is 2.33. The van der Waals surface area contributed by atoms with E-state index >= 15 is 0 Å². The Kier molecular flexibility index (Phi) is 6.52. The Morgan fingerprint density at radius 2 is 1.86 bits per heavy atom.